The summed E-state index contributed by atoms with van der Waals surface area (Å²) in [5, 5.41) is 2.67. The molecule has 7 heteroatoms. The molecule has 28 heavy (non-hydrogen) atoms. The van der Waals surface area contributed by atoms with Gasteiger partial charge in [0, 0.05) is 12.2 Å². The molecule has 1 atom stereocenters. The first-order valence-electron chi connectivity index (χ1n) is 9.43. The van der Waals surface area contributed by atoms with Crippen molar-refractivity contribution in [3.05, 3.63) is 53.5 Å². The molecule has 1 fully saturated rings. The first-order chi connectivity index (χ1) is 13.4. The molecule has 1 aromatic heterocycles. The summed E-state index contributed by atoms with van der Waals surface area (Å²) < 4.78 is 27.2. The number of hydrogen-bond donors (Lipinski definition) is 1. The number of anilines is 2. The molecule has 2 amide bonds. The Morgan fingerprint density at radius 3 is 2.71 bits per heavy atom. The van der Waals surface area contributed by atoms with Crippen molar-refractivity contribution in [2.75, 3.05) is 16.8 Å². The summed E-state index contributed by atoms with van der Waals surface area (Å²) in [6, 6.07) is 8.14. The largest absolute Gasteiger partial charge is 0.310 e. The summed E-state index contributed by atoms with van der Waals surface area (Å²) in [5.74, 6) is -1.36. The van der Waals surface area contributed by atoms with Gasteiger partial charge in [0.1, 0.15) is 11.6 Å². The van der Waals surface area contributed by atoms with Gasteiger partial charge in [0.25, 0.3) is 5.91 Å². The molecule has 1 aliphatic heterocycles. The molecular formula is C21H21F2N3O2. The third kappa shape index (κ3) is 3.48. The fourth-order valence-electron chi connectivity index (χ4n) is 3.50. The van der Waals surface area contributed by atoms with Crippen LogP contribution in [0.3, 0.4) is 0 Å². The highest BCUT2D eigenvalue weighted by atomic mass is 19.1. The number of nitrogens with one attached hydrogen (secondary N) is 1. The van der Waals surface area contributed by atoms with Crippen molar-refractivity contribution >= 4 is 23.3 Å². The van der Waals surface area contributed by atoms with Crippen molar-refractivity contribution in [3.8, 4) is 0 Å². The van der Waals surface area contributed by atoms with Crippen molar-refractivity contribution < 1.29 is 18.4 Å². The van der Waals surface area contributed by atoms with E-state index in [1.165, 1.54) is 12.1 Å². The van der Waals surface area contributed by atoms with Crippen LogP contribution in [0.1, 0.15) is 43.2 Å². The van der Waals surface area contributed by atoms with E-state index in [1.54, 1.807) is 24.0 Å². The number of aromatic nitrogens is 1. The summed E-state index contributed by atoms with van der Waals surface area (Å²) in [5.41, 5.74) is 0.787. The second-order valence-corrected chi connectivity index (χ2v) is 7.49. The quantitative estimate of drug-likeness (QED) is 0.872. The van der Waals surface area contributed by atoms with Crippen LogP contribution >= 0.6 is 0 Å². The van der Waals surface area contributed by atoms with Gasteiger partial charge in [-0.05, 0) is 61.9 Å². The molecule has 4 rings (SSSR count). The number of rotatable bonds is 4. The first kappa shape index (κ1) is 18.5. The summed E-state index contributed by atoms with van der Waals surface area (Å²) in [4.78, 5) is 30.4. The van der Waals surface area contributed by atoms with E-state index in [4.69, 9.17) is 0 Å². The Bertz CT molecular complexity index is 926. The topological polar surface area (TPSA) is 62.3 Å². The second kappa shape index (κ2) is 6.96. The Labute approximate surface area is 161 Å². The zero-order valence-corrected chi connectivity index (χ0v) is 15.5. The van der Waals surface area contributed by atoms with E-state index in [9.17, 15) is 18.4 Å². The SMILES string of the molecule is CC(C(=O)Nc1ccc(F)cn1)c1ccc2c(c1)CCCN2C(=O)C1(F)CC1. The van der Waals surface area contributed by atoms with Crippen LogP contribution in [0.25, 0.3) is 0 Å². The van der Waals surface area contributed by atoms with Crippen LogP contribution in [0.15, 0.2) is 36.5 Å². The monoisotopic (exact) mass is 385 g/mol. The molecule has 1 aromatic carbocycles. The number of amides is 2. The van der Waals surface area contributed by atoms with Gasteiger partial charge in [0.05, 0.1) is 12.1 Å². The van der Waals surface area contributed by atoms with Crippen LogP contribution in [-0.4, -0.2) is 29.0 Å². The number of carbonyl (C=O) groups excluding carboxylic acids is 2. The number of aryl methyl sites for hydroxylation is 1. The Morgan fingerprint density at radius 1 is 1.25 bits per heavy atom. The van der Waals surface area contributed by atoms with E-state index in [2.05, 4.69) is 10.3 Å². The number of fused-ring (bicyclic) bond motifs is 1. The number of nitrogens with zero attached hydrogens (tertiary/aromatic N) is 2. The molecule has 1 aliphatic carbocycles. The minimum Gasteiger partial charge on any atom is -0.310 e. The summed E-state index contributed by atoms with van der Waals surface area (Å²) in [7, 11) is 0. The lowest BCUT2D eigenvalue weighted by atomic mass is 9.93. The number of hydrogen-bond acceptors (Lipinski definition) is 3. The van der Waals surface area contributed by atoms with Crippen molar-refractivity contribution in [2.24, 2.45) is 0 Å². The van der Waals surface area contributed by atoms with E-state index in [0.29, 0.717) is 19.4 Å². The highest BCUT2D eigenvalue weighted by Crippen LogP contribution is 2.43. The van der Waals surface area contributed by atoms with Gasteiger partial charge in [0.2, 0.25) is 5.91 Å². The highest BCUT2D eigenvalue weighted by molar-refractivity contribution is 6.02. The lowest BCUT2D eigenvalue weighted by Gasteiger charge is -2.31. The highest BCUT2D eigenvalue weighted by Gasteiger charge is 2.53. The van der Waals surface area contributed by atoms with Crippen LogP contribution < -0.4 is 10.2 Å². The average molecular weight is 385 g/mol. The van der Waals surface area contributed by atoms with Gasteiger partial charge >= 0.3 is 0 Å². The molecule has 0 radical (unpaired) electrons. The van der Waals surface area contributed by atoms with Crippen LogP contribution in [0.4, 0.5) is 20.3 Å². The maximum Gasteiger partial charge on any atom is 0.264 e. The van der Waals surface area contributed by atoms with Crippen molar-refractivity contribution in [1.82, 2.24) is 4.98 Å². The molecule has 2 aliphatic rings. The Morgan fingerprint density at radius 2 is 2.04 bits per heavy atom. The van der Waals surface area contributed by atoms with Gasteiger partial charge in [-0.15, -0.1) is 0 Å². The lowest BCUT2D eigenvalue weighted by Crippen LogP contribution is -2.41. The number of carbonyl (C=O) groups is 2. The normalized spacial score (nSPS) is 18.2. The van der Waals surface area contributed by atoms with Crippen LogP contribution in [-0.2, 0) is 16.0 Å². The Kier molecular flexibility index (Phi) is 4.61. The van der Waals surface area contributed by atoms with Gasteiger partial charge in [-0.1, -0.05) is 12.1 Å². The Balaban J connectivity index is 1.52. The van der Waals surface area contributed by atoms with E-state index in [-0.39, 0.29) is 11.7 Å². The third-order valence-electron chi connectivity index (χ3n) is 5.41. The fraction of sp³-hybridized carbons (Fsp3) is 0.381. The predicted octanol–water partition coefficient (Wildman–Crippen LogP) is 3.74. The summed E-state index contributed by atoms with van der Waals surface area (Å²) >= 11 is 0. The smallest absolute Gasteiger partial charge is 0.264 e. The molecule has 0 bridgehead atoms. The van der Waals surface area contributed by atoms with Crippen LogP contribution in [0, 0.1) is 5.82 Å². The fourth-order valence-corrected chi connectivity index (χ4v) is 3.50. The molecule has 2 heterocycles. The molecule has 1 unspecified atom stereocenters. The third-order valence-corrected chi connectivity index (χ3v) is 5.41. The number of benzene rings is 1. The van der Waals surface area contributed by atoms with Gasteiger partial charge < -0.3 is 10.2 Å². The molecule has 2 aromatic rings. The van der Waals surface area contributed by atoms with Crippen molar-refractivity contribution in [1.29, 1.82) is 0 Å². The molecule has 146 valence electrons. The number of alkyl halides is 1. The minimum atomic E-state index is -1.69. The maximum atomic E-state index is 14.2. The summed E-state index contributed by atoms with van der Waals surface area (Å²) in [6.45, 7) is 2.29. The van der Waals surface area contributed by atoms with Gasteiger partial charge in [-0.25, -0.2) is 13.8 Å². The van der Waals surface area contributed by atoms with E-state index < -0.39 is 23.3 Å². The first-order valence-corrected chi connectivity index (χ1v) is 9.43. The minimum absolute atomic E-state index is 0.261. The standard InChI is InChI=1S/C21H21F2N3O2/c1-13(19(27)25-18-7-5-16(22)12-24-18)14-4-6-17-15(11-14)3-2-10-26(17)20(28)21(23)8-9-21/h4-7,11-13H,2-3,8-10H2,1H3,(H,24,25,27). The van der Waals surface area contributed by atoms with Crippen molar-refractivity contribution in [2.45, 2.75) is 44.2 Å². The Hall–Kier alpha value is -2.83. The average Bonchev–Trinajstić information content (AvgIpc) is 3.46. The van der Waals surface area contributed by atoms with E-state index in [0.717, 1.165) is 35.9 Å². The van der Waals surface area contributed by atoms with Crippen LogP contribution in [0.5, 0.6) is 0 Å². The molecule has 1 N–H and O–H groups in total. The van der Waals surface area contributed by atoms with Gasteiger partial charge in [-0.3, -0.25) is 9.59 Å². The molecule has 5 nitrogen and oxygen atoms in total. The molecule has 1 saturated carbocycles. The van der Waals surface area contributed by atoms with Crippen LogP contribution in [0.2, 0.25) is 0 Å². The zero-order chi connectivity index (χ0) is 19.9. The summed E-state index contributed by atoms with van der Waals surface area (Å²) in [6.07, 6.45) is 3.18. The number of halogens is 2. The van der Waals surface area contributed by atoms with E-state index in [1.807, 2.05) is 6.07 Å². The van der Waals surface area contributed by atoms with Gasteiger partial charge in [0.15, 0.2) is 5.67 Å². The maximum absolute atomic E-state index is 14.2. The van der Waals surface area contributed by atoms with E-state index >= 15 is 0 Å². The predicted molar refractivity (Wildman–Crippen MR) is 101 cm³/mol. The van der Waals surface area contributed by atoms with Gasteiger partial charge in [-0.2, -0.15) is 0 Å². The number of pyridine rings is 1. The second-order valence-electron chi connectivity index (χ2n) is 7.49. The molecule has 0 spiro atoms. The zero-order valence-electron chi connectivity index (χ0n) is 15.5. The lowest BCUT2D eigenvalue weighted by molar-refractivity contribution is -0.124. The molecule has 0 saturated heterocycles. The van der Waals surface area contributed by atoms with Crippen molar-refractivity contribution in [3.63, 3.8) is 0 Å². The molecular weight excluding hydrogens is 364 g/mol.